The zero-order chi connectivity index (χ0) is 19.7. The van der Waals surface area contributed by atoms with Crippen LogP contribution in [0.25, 0.3) is 0 Å². The molecule has 3 rings (SSSR count). The van der Waals surface area contributed by atoms with E-state index in [9.17, 15) is 22.8 Å². The van der Waals surface area contributed by atoms with Gasteiger partial charge in [0.1, 0.15) is 5.82 Å². The van der Waals surface area contributed by atoms with Gasteiger partial charge in [0.25, 0.3) is 0 Å². The highest BCUT2D eigenvalue weighted by Crippen LogP contribution is 2.29. The van der Waals surface area contributed by atoms with Gasteiger partial charge in [-0.1, -0.05) is 0 Å². The number of hydrogen-bond acceptors (Lipinski definition) is 4. The van der Waals surface area contributed by atoms with Crippen molar-refractivity contribution in [3.05, 3.63) is 56.9 Å². The number of hydrogen-bond donors (Lipinski definition) is 2. The molecule has 2 aromatic rings. The molecule has 0 unspecified atom stereocenters. The van der Waals surface area contributed by atoms with E-state index in [1.165, 1.54) is 12.1 Å². The van der Waals surface area contributed by atoms with E-state index >= 15 is 0 Å². The van der Waals surface area contributed by atoms with Crippen molar-refractivity contribution in [2.24, 2.45) is 11.7 Å². The second-order valence-corrected chi connectivity index (χ2v) is 7.50. The van der Waals surface area contributed by atoms with Gasteiger partial charge in [-0.3, -0.25) is 14.5 Å². The molecular weight excluding hydrogens is 474 g/mol. The fraction of sp³-hybridized carbons (Fsp3) is 0.222. The van der Waals surface area contributed by atoms with Gasteiger partial charge in [-0.05, 0) is 52.9 Å². The van der Waals surface area contributed by atoms with Crippen LogP contribution in [0.15, 0.2) is 30.3 Å². The summed E-state index contributed by atoms with van der Waals surface area (Å²) in [6, 6.07) is 6.20. The first-order valence-corrected chi connectivity index (χ1v) is 9.09. The minimum atomic E-state index is -1.27. The number of anilines is 2. The summed E-state index contributed by atoms with van der Waals surface area (Å²) in [6.07, 6.45) is 0. The fourth-order valence-electron chi connectivity index (χ4n) is 2.80. The van der Waals surface area contributed by atoms with E-state index in [0.29, 0.717) is 16.7 Å². The van der Waals surface area contributed by atoms with E-state index in [0.717, 1.165) is 12.1 Å². The first-order chi connectivity index (χ1) is 12.8. The summed E-state index contributed by atoms with van der Waals surface area (Å²) in [6.45, 7) is 0.581. The molecule has 0 atom stereocenters. The minimum Gasteiger partial charge on any atom is -0.369 e. The molecule has 1 aliphatic heterocycles. The summed E-state index contributed by atoms with van der Waals surface area (Å²) in [5.74, 6) is -4.32. The van der Waals surface area contributed by atoms with Crippen LogP contribution in [0.5, 0.6) is 0 Å². The Labute approximate surface area is 166 Å². The number of carbonyl (C=O) groups is 2. The number of nitrogens with two attached hydrogens (primary N) is 1. The predicted molar refractivity (Wildman–Crippen MR) is 102 cm³/mol. The minimum absolute atomic E-state index is 0.0771. The Morgan fingerprint density at radius 2 is 1.85 bits per heavy atom. The van der Waals surface area contributed by atoms with E-state index < -0.39 is 34.8 Å². The second-order valence-electron chi connectivity index (χ2n) is 6.25. The van der Waals surface area contributed by atoms with Crippen LogP contribution in [0, 0.1) is 26.9 Å². The summed E-state index contributed by atoms with van der Waals surface area (Å²) in [5, 5.41) is 2.49. The van der Waals surface area contributed by atoms with Gasteiger partial charge >= 0.3 is 0 Å². The summed E-state index contributed by atoms with van der Waals surface area (Å²) >= 11 is 1.92. The Kier molecular flexibility index (Phi) is 5.70. The van der Waals surface area contributed by atoms with Crippen molar-refractivity contribution in [2.45, 2.75) is 0 Å². The number of primary amides is 1. The SMILES string of the molecule is NC(=O)C1CN(CC(=O)c2ccc(F)c(F)c2Nc2ccc(I)cc2F)C1. The van der Waals surface area contributed by atoms with E-state index in [-0.39, 0.29) is 23.7 Å². The van der Waals surface area contributed by atoms with Gasteiger partial charge in [0.05, 0.1) is 23.8 Å². The first kappa shape index (κ1) is 19.6. The number of ketones is 1. The van der Waals surface area contributed by atoms with Gasteiger partial charge in [0.2, 0.25) is 5.91 Å². The molecule has 1 aliphatic rings. The van der Waals surface area contributed by atoms with Crippen LogP contribution in [0.1, 0.15) is 10.4 Å². The average Bonchev–Trinajstić information content (AvgIpc) is 2.56. The molecule has 1 saturated heterocycles. The molecule has 3 N–H and O–H groups in total. The number of benzene rings is 2. The van der Waals surface area contributed by atoms with Crippen LogP contribution in [0.3, 0.4) is 0 Å². The molecule has 0 aromatic heterocycles. The number of rotatable bonds is 6. The Hall–Kier alpha value is -2.14. The second kappa shape index (κ2) is 7.85. The maximum absolute atomic E-state index is 14.3. The van der Waals surface area contributed by atoms with Gasteiger partial charge in [-0.15, -0.1) is 0 Å². The topological polar surface area (TPSA) is 75.4 Å². The molecule has 142 valence electrons. The summed E-state index contributed by atoms with van der Waals surface area (Å²) < 4.78 is 42.7. The van der Waals surface area contributed by atoms with Crippen molar-refractivity contribution < 1.29 is 22.8 Å². The van der Waals surface area contributed by atoms with E-state index in [1.54, 1.807) is 11.0 Å². The third kappa shape index (κ3) is 4.24. The lowest BCUT2D eigenvalue weighted by atomic mass is 9.98. The van der Waals surface area contributed by atoms with Crippen LogP contribution in [0.4, 0.5) is 24.5 Å². The molecule has 0 saturated carbocycles. The molecule has 0 bridgehead atoms. The quantitative estimate of drug-likeness (QED) is 0.484. The van der Waals surface area contributed by atoms with Crippen molar-refractivity contribution in [2.75, 3.05) is 25.0 Å². The maximum Gasteiger partial charge on any atom is 0.223 e. The Balaban J connectivity index is 1.84. The molecule has 1 heterocycles. The molecule has 0 spiro atoms. The third-order valence-corrected chi connectivity index (χ3v) is 4.98. The lowest BCUT2D eigenvalue weighted by Gasteiger charge is -2.36. The normalized spacial score (nSPS) is 14.7. The van der Waals surface area contributed by atoms with Gasteiger partial charge in [-0.25, -0.2) is 13.2 Å². The molecule has 0 aliphatic carbocycles. The Bertz CT molecular complexity index is 917. The monoisotopic (exact) mass is 489 g/mol. The molecule has 1 fully saturated rings. The van der Waals surface area contributed by atoms with Crippen molar-refractivity contribution in [3.63, 3.8) is 0 Å². The van der Waals surface area contributed by atoms with Gasteiger partial charge in [-0.2, -0.15) is 0 Å². The summed E-state index contributed by atoms with van der Waals surface area (Å²) in [7, 11) is 0. The van der Waals surface area contributed by atoms with Crippen molar-refractivity contribution in [1.82, 2.24) is 4.90 Å². The predicted octanol–water partition coefficient (Wildman–Crippen LogP) is 3.05. The molecule has 27 heavy (non-hydrogen) atoms. The number of nitrogens with one attached hydrogen (secondary N) is 1. The molecular formula is C18H15F3IN3O2. The molecule has 0 radical (unpaired) electrons. The van der Waals surface area contributed by atoms with Crippen molar-refractivity contribution in [1.29, 1.82) is 0 Å². The van der Waals surface area contributed by atoms with Crippen LogP contribution < -0.4 is 11.1 Å². The van der Waals surface area contributed by atoms with Gasteiger partial charge in [0, 0.05) is 22.2 Å². The van der Waals surface area contributed by atoms with E-state index in [2.05, 4.69) is 5.32 Å². The number of nitrogens with zero attached hydrogens (tertiary/aromatic N) is 1. The number of likely N-dealkylation sites (tertiary alicyclic amines) is 1. The highest BCUT2D eigenvalue weighted by atomic mass is 127. The van der Waals surface area contributed by atoms with E-state index in [1.807, 2.05) is 22.6 Å². The molecule has 9 heteroatoms. The number of amides is 1. The first-order valence-electron chi connectivity index (χ1n) is 8.01. The highest BCUT2D eigenvalue weighted by Gasteiger charge is 2.33. The lowest BCUT2D eigenvalue weighted by Crippen LogP contribution is -2.53. The van der Waals surface area contributed by atoms with Gasteiger partial charge < -0.3 is 11.1 Å². The fourth-order valence-corrected chi connectivity index (χ4v) is 3.25. The van der Waals surface area contributed by atoms with Crippen molar-refractivity contribution >= 4 is 45.7 Å². The smallest absolute Gasteiger partial charge is 0.223 e. The summed E-state index contributed by atoms with van der Waals surface area (Å²) in [4.78, 5) is 25.3. The number of carbonyl (C=O) groups excluding carboxylic acids is 2. The zero-order valence-corrected chi connectivity index (χ0v) is 16.1. The van der Waals surface area contributed by atoms with Crippen LogP contribution >= 0.6 is 22.6 Å². The standard InChI is InChI=1S/C18H15F3IN3O2/c19-12-3-2-11(15(26)8-25-6-9(7-25)18(23)27)17(16(12)21)24-14-4-1-10(22)5-13(14)20/h1-5,9,24H,6-8H2,(H2,23,27). The Morgan fingerprint density at radius 3 is 2.48 bits per heavy atom. The average molecular weight is 489 g/mol. The van der Waals surface area contributed by atoms with Crippen LogP contribution in [0.2, 0.25) is 0 Å². The third-order valence-electron chi connectivity index (χ3n) is 4.31. The highest BCUT2D eigenvalue weighted by molar-refractivity contribution is 14.1. The van der Waals surface area contributed by atoms with Gasteiger partial charge in [0.15, 0.2) is 17.4 Å². The Morgan fingerprint density at radius 1 is 1.15 bits per heavy atom. The van der Waals surface area contributed by atoms with Crippen LogP contribution in [-0.2, 0) is 4.79 Å². The van der Waals surface area contributed by atoms with Crippen LogP contribution in [-0.4, -0.2) is 36.2 Å². The van der Waals surface area contributed by atoms with Crippen molar-refractivity contribution in [3.8, 4) is 0 Å². The summed E-state index contributed by atoms with van der Waals surface area (Å²) in [5.41, 5.74) is 4.58. The molecule has 1 amide bonds. The number of halogens is 4. The maximum atomic E-state index is 14.3. The zero-order valence-electron chi connectivity index (χ0n) is 13.9. The molecule has 5 nitrogen and oxygen atoms in total. The largest absolute Gasteiger partial charge is 0.369 e. The number of Topliss-reactive ketones (excluding diaryl/α,β-unsaturated/α-hetero) is 1. The van der Waals surface area contributed by atoms with E-state index in [4.69, 9.17) is 5.73 Å². The lowest BCUT2D eigenvalue weighted by molar-refractivity contribution is -0.126. The molecule has 2 aromatic carbocycles.